The van der Waals surface area contributed by atoms with Gasteiger partial charge in [-0.05, 0) is 59.9 Å². The predicted molar refractivity (Wildman–Crippen MR) is 132 cm³/mol. The fraction of sp³-hybridized carbons (Fsp3) is 0.500. The van der Waals surface area contributed by atoms with Gasteiger partial charge in [-0.2, -0.15) is 39.5 Å². The van der Waals surface area contributed by atoms with E-state index in [0.717, 1.165) is 42.7 Å². The SMILES string of the molecule is COC1(c2ccc(C(F)(F)F)cc2CN(Cc2cc(C(F)(F)F)cc(C(F)(F)F)c2)/C(N)=N/NN)CCCCCC1. The highest BCUT2D eigenvalue weighted by Gasteiger charge is 2.39. The lowest BCUT2D eigenvalue weighted by molar-refractivity contribution is -0.143. The number of hydrazine groups is 1. The van der Waals surface area contributed by atoms with Crippen molar-refractivity contribution >= 4 is 5.96 Å². The molecule has 0 bridgehead atoms. The number of nitrogens with two attached hydrogens (primary N) is 2. The van der Waals surface area contributed by atoms with Gasteiger partial charge in [0.1, 0.15) is 0 Å². The number of halogens is 9. The Labute approximate surface area is 230 Å². The zero-order valence-corrected chi connectivity index (χ0v) is 22.0. The van der Waals surface area contributed by atoms with Crippen LogP contribution in [0.25, 0.3) is 0 Å². The third-order valence-electron chi connectivity index (χ3n) is 7.11. The van der Waals surface area contributed by atoms with E-state index in [0.29, 0.717) is 30.5 Å². The van der Waals surface area contributed by atoms with E-state index in [1.165, 1.54) is 13.2 Å². The number of rotatable bonds is 7. The summed E-state index contributed by atoms with van der Waals surface area (Å²) < 4.78 is 128. The van der Waals surface area contributed by atoms with Gasteiger partial charge in [-0.15, -0.1) is 5.10 Å². The molecule has 1 aliphatic rings. The lowest BCUT2D eigenvalue weighted by Crippen LogP contribution is -2.40. The minimum atomic E-state index is -5.10. The maximum atomic E-state index is 13.7. The van der Waals surface area contributed by atoms with Gasteiger partial charge >= 0.3 is 18.5 Å². The number of ether oxygens (including phenoxy) is 1. The Kier molecular flexibility index (Phi) is 9.73. The van der Waals surface area contributed by atoms with Gasteiger partial charge in [-0.25, -0.2) is 11.4 Å². The minimum Gasteiger partial charge on any atom is -0.374 e. The summed E-state index contributed by atoms with van der Waals surface area (Å²) in [5.41, 5.74) is 2.81. The first-order valence-electron chi connectivity index (χ1n) is 12.6. The van der Waals surface area contributed by atoms with E-state index in [-0.39, 0.29) is 11.6 Å². The molecule has 1 aliphatic carbocycles. The van der Waals surface area contributed by atoms with Crippen LogP contribution in [0.1, 0.15) is 71.9 Å². The van der Waals surface area contributed by atoms with Gasteiger partial charge in [0.25, 0.3) is 0 Å². The van der Waals surface area contributed by atoms with Crippen LogP contribution in [0, 0.1) is 0 Å². The Morgan fingerprint density at radius 3 is 1.83 bits per heavy atom. The lowest BCUT2D eigenvalue weighted by Gasteiger charge is -2.35. The Morgan fingerprint density at radius 2 is 1.37 bits per heavy atom. The van der Waals surface area contributed by atoms with Crippen LogP contribution in [0.5, 0.6) is 0 Å². The van der Waals surface area contributed by atoms with E-state index in [4.69, 9.17) is 16.3 Å². The Bertz CT molecular complexity index is 1190. The maximum Gasteiger partial charge on any atom is 0.416 e. The van der Waals surface area contributed by atoms with Crippen molar-refractivity contribution in [2.24, 2.45) is 16.7 Å². The number of nitrogens with zero attached hydrogens (tertiary/aromatic N) is 2. The Hall–Kier alpha value is -3.20. The van der Waals surface area contributed by atoms with E-state index >= 15 is 0 Å². The second kappa shape index (κ2) is 12.3. The number of hydrogen-bond donors (Lipinski definition) is 3. The van der Waals surface area contributed by atoms with E-state index in [2.05, 4.69) is 5.10 Å². The van der Waals surface area contributed by atoms with E-state index in [9.17, 15) is 39.5 Å². The van der Waals surface area contributed by atoms with Crippen LogP contribution in [0.3, 0.4) is 0 Å². The number of nitrogens with one attached hydrogen (secondary N) is 1. The third-order valence-corrected chi connectivity index (χ3v) is 7.11. The Balaban J connectivity index is 2.16. The van der Waals surface area contributed by atoms with Crippen molar-refractivity contribution in [1.29, 1.82) is 0 Å². The molecule has 0 saturated heterocycles. The third kappa shape index (κ3) is 7.97. The molecule has 2 aromatic rings. The molecule has 5 N–H and O–H groups in total. The molecule has 0 radical (unpaired) electrons. The average molecular weight is 600 g/mol. The molecular weight excluding hydrogens is 569 g/mol. The summed E-state index contributed by atoms with van der Waals surface area (Å²) in [6, 6.07) is 4.10. The zero-order valence-electron chi connectivity index (χ0n) is 22.0. The fourth-order valence-corrected chi connectivity index (χ4v) is 5.12. The van der Waals surface area contributed by atoms with Crippen molar-refractivity contribution in [2.45, 2.75) is 75.7 Å². The number of benzene rings is 2. The summed E-state index contributed by atoms with van der Waals surface area (Å²) in [5.74, 6) is 4.72. The summed E-state index contributed by atoms with van der Waals surface area (Å²) in [5, 5.41) is 3.58. The summed E-state index contributed by atoms with van der Waals surface area (Å²) >= 11 is 0. The molecule has 0 aliphatic heterocycles. The van der Waals surface area contributed by atoms with Crippen LogP contribution >= 0.6 is 0 Å². The van der Waals surface area contributed by atoms with Crippen molar-refractivity contribution in [3.05, 3.63) is 69.8 Å². The molecule has 1 fully saturated rings. The van der Waals surface area contributed by atoms with Gasteiger partial charge in [-0.1, -0.05) is 31.7 Å². The van der Waals surface area contributed by atoms with Crippen molar-refractivity contribution in [3.63, 3.8) is 0 Å². The molecule has 0 amide bonds. The summed E-state index contributed by atoms with van der Waals surface area (Å²) in [7, 11) is 1.44. The van der Waals surface area contributed by atoms with Crippen molar-refractivity contribution in [1.82, 2.24) is 10.4 Å². The predicted octanol–water partition coefficient (Wildman–Crippen LogP) is 6.63. The number of methoxy groups -OCH3 is 1. The van der Waals surface area contributed by atoms with E-state index in [1.54, 1.807) is 0 Å². The smallest absolute Gasteiger partial charge is 0.374 e. The van der Waals surface area contributed by atoms with Gasteiger partial charge in [-0.3, -0.25) is 0 Å². The second-order valence-electron chi connectivity index (χ2n) is 9.85. The fourth-order valence-electron chi connectivity index (χ4n) is 5.12. The van der Waals surface area contributed by atoms with Crippen LogP contribution in [0.2, 0.25) is 0 Å². The van der Waals surface area contributed by atoms with Gasteiger partial charge < -0.3 is 15.4 Å². The van der Waals surface area contributed by atoms with Gasteiger partial charge in [0.15, 0.2) is 0 Å². The highest BCUT2D eigenvalue weighted by molar-refractivity contribution is 5.78. The largest absolute Gasteiger partial charge is 0.416 e. The molecular formula is C26H30F9N5O. The molecule has 0 spiro atoms. The summed E-state index contributed by atoms with van der Waals surface area (Å²) in [6.45, 7) is -1.13. The molecule has 0 unspecified atom stereocenters. The number of hydrazone groups is 1. The van der Waals surface area contributed by atoms with Crippen LogP contribution in [-0.2, 0) is 42.0 Å². The molecule has 3 rings (SSSR count). The molecule has 0 aromatic heterocycles. The van der Waals surface area contributed by atoms with Crippen LogP contribution < -0.4 is 17.1 Å². The molecule has 15 heteroatoms. The average Bonchev–Trinajstić information content (AvgIpc) is 3.13. The molecule has 228 valence electrons. The van der Waals surface area contributed by atoms with Gasteiger partial charge in [0.2, 0.25) is 5.96 Å². The molecule has 0 heterocycles. The standard InChI is InChI=1S/C26H30F9N5O/c1-41-23(8-4-2-3-5-9-23)21-7-6-18(24(27,28)29)12-17(21)15-40(22(36)38-39-37)14-16-10-19(25(30,31)32)13-20(11-16)26(33,34)35/h6-7,10-13,39H,2-5,8-9,14-15,37H2,1H3,(H2,36,38). The van der Waals surface area contributed by atoms with Crippen molar-refractivity contribution in [3.8, 4) is 0 Å². The number of alkyl halides is 9. The second-order valence-corrected chi connectivity index (χ2v) is 9.85. The Morgan fingerprint density at radius 1 is 0.829 bits per heavy atom. The first-order valence-corrected chi connectivity index (χ1v) is 12.6. The zero-order chi connectivity index (χ0) is 30.6. The van der Waals surface area contributed by atoms with Crippen molar-refractivity contribution in [2.75, 3.05) is 7.11 Å². The van der Waals surface area contributed by atoms with Crippen LogP contribution in [0.15, 0.2) is 41.5 Å². The monoisotopic (exact) mass is 599 g/mol. The van der Waals surface area contributed by atoms with Gasteiger partial charge in [0.05, 0.1) is 22.3 Å². The number of hydrogen-bond acceptors (Lipinski definition) is 4. The summed E-state index contributed by atoms with van der Waals surface area (Å²) in [6.07, 6.45) is -10.7. The first-order chi connectivity index (χ1) is 19.0. The number of guanidine groups is 1. The highest BCUT2D eigenvalue weighted by Crippen LogP contribution is 2.43. The maximum absolute atomic E-state index is 13.7. The highest BCUT2D eigenvalue weighted by atomic mass is 19.4. The van der Waals surface area contributed by atoms with Crippen molar-refractivity contribution < 1.29 is 44.3 Å². The normalized spacial score (nSPS) is 16.8. The molecule has 41 heavy (non-hydrogen) atoms. The van der Waals surface area contributed by atoms with Crippen LogP contribution in [-0.4, -0.2) is 18.0 Å². The van der Waals surface area contributed by atoms with Crippen LogP contribution in [0.4, 0.5) is 39.5 Å². The molecule has 0 atom stereocenters. The van der Waals surface area contributed by atoms with E-state index < -0.39 is 65.4 Å². The first kappa shape index (κ1) is 32.3. The van der Waals surface area contributed by atoms with Gasteiger partial charge in [0, 0.05) is 20.2 Å². The quantitative estimate of drug-likeness (QED) is 0.0830. The molecule has 6 nitrogen and oxygen atoms in total. The minimum absolute atomic E-state index is 0.0218. The lowest BCUT2D eigenvalue weighted by atomic mass is 9.82. The molecule has 2 aromatic carbocycles. The summed E-state index contributed by atoms with van der Waals surface area (Å²) in [4.78, 5) is 1.04. The molecule has 1 saturated carbocycles. The van der Waals surface area contributed by atoms with E-state index in [1.807, 2.05) is 5.53 Å². The topological polar surface area (TPSA) is 88.9 Å².